The van der Waals surface area contributed by atoms with Gasteiger partial charge in [0.1, 0.15) is 0 Å². The maximum Gasteiger partial charge on any atom is 0.181 e. The zero-order valence-electron chi connectivity index (χ0n) is 15.2. The van der Waals surface area contributed by atoms with Gasteiger partial charge < -0.3 is 0 Å². The van der Waals surface area contributed by atoms with Crippen LogP contribution in [0, 0.1) is 5.41 Å². The van der Waals surface area contributed by atoms with Gasteiger partial charge in [0.05, 0.1) is 10.6 Å². The predicted molar refractivity (Wildman–Crippen MR) is 102 cm³/mol. The maximum absolute atomic E-state index is 12.3. The van der Waals surface area contributed by atoms with E-state index in [0.29, 0.717) is 4.90 Å². The van der Waals surface area contributed by atoms with E-state index in [-0.39, 0.29) is 11.2 Å². The van der Waals surface area contributed by atoms with E-state index < -0.39 is 9.84 Å². The molecule has 0 aromatic heterocycles. The number of allylic oxidation sites excluding steroid dienone is 5. The Morgan fingerprint density at radius 3 is 2.50 bits per heavy atom. The number of rotatable bonds is 5. The summed E-state index contributed by atoms with van der Waals surface area (Å²) in [6, 6.07) is 8.62. The molecule has 1 aromatic rings. The fourth-order valence-corrected chi connectivity index (χ4v) is 4.50. The zero-order chi connectivity index (χ0) is 17.8. The minimum absolute atomic E-state index is 0.0363. The summed E-state index contributed by atoms with van der Waals surface area (Å²) in [5.41, 5.74) is 4.03. The third kappa shape index (κ3) is 4.70. The number of benzene rings is 1. The molecule has 0 heterocycles. The number of sulfone groups is 1. The van der Waals surface area contributed by atoms with Crippen LogP contribution in [0.2, 0.25) is 0 Å². The van der Waals surface area contributed by atoms with Crippen LogP contribution in [-0.2, 0) is 9.84 Å². The summed E-state index contributed by atoms with van der Waals surface area (Å²) in [4.78, 5) is 0.380. The molecule has 0 spiro atoms. The summed E-state index contributed by atoms with van der Waals surface area (Å²) < 4.78 is 24.6. The maximum atomic E-state index is 12.3. The van der Waals surface area contributed by atoms with Gasteiger partial charge >= 0.3 is 0 Å². The lowest BCUT2D eigenvalue weighted by Gasteiger charge is -2.32. The number of hydrogen-bond acceptors (Lipinski definition) is 2. The van der Waals surface area contributed by atoms with E-state index in [1.165, 1.54) is 24.0 Å². The molecule has 1 aliphatic rings. The van der Waals surface area contributed by atoms with Gasteiger partial charge in [0.25, 0.3) is 0 Å². The summed E-state index contributed by atoms with van der Waals surface area (Å²) in [5.74, 6) is 0.0363. The average Bonchev–Trinajstić information content (AvgIpc) is 2.53. The molecule has 2 nitrogen and oxygen atoms in total. The Morgan fingerprint density at radius 2 is 1.88 bits per heavy atom. The Labute approximate surface area is 146 Å². The highest BCUT2D eigenvalue weighted by Gasteiger charge is 2.26. The molecule has 0 saturated heterocycles. The van der Waals surface area contributed by atoms with Crippen molar-refractivity contribution in [2.45, 2.75) is 51.9 Å². The van der Waals surface area contributed by atoms with Gasteiger partial charge in [-0.2, -0.15) is 0 Å². The largest absolute Gasteiger partial charge is 0.223 e. The fourth-order valence-electron chi connectivity index (χ4n) is 3.26. The van der Waals surface area contributed by atoms with Crippen molar-refractivity contribution in [2.24, 2.45) is 5.41 Å². The van der Waals surface area contributed by atoms with Crippen LogP contribution in [0.25, 0.3) is 0 Å². The molecule has 0 aliphatic heterocycles. The Bertz CT molecular complexity index is 763. The topological polar surface area (TPSA) is 34.1 Å². The standard InChI is InChI=1S/C21H28O2S/c1-17(12-13-20-18(2)9-8-15-21(20,3)4)14-16-24(22,23)19-10-6-5-7-11-19/h5-7,10-14H,8-9,15-16H2,1-4H3. The van der Waals surface area contributed by atoms with Crippen LogP contribution in [0.1, 0.15) is 47.0 Å². The summed E-state index contributed by atoms with van der Waals surface area (Å²) in [7, 11) is -3.25. The van der Waals surface area contributed by atoms with Gasteiger partial charge in [0.15, 0.2) is 9.84 Å². The fraction of sp³-hybridized carbons (Fsp3) is 0.429. The molecule has 1 aliphatic carbocycles. The molecule has 0 amide bonds. The Balaban J connectivity index is 2.12. The lowest BCUT2D eigenvalue weighted by atomic mass is 9.72. The third-order valence-electron chi connectivity index (χ3n) is 4.78. The van der Waals surface area contributed by atoms with Crippen molar-refractivity contribution in [1.29, 1.82) is 0 Å². The predicted octanol–water partition coefficient (Wildman–Crippen LogP) is 5.49. The van der Waals surface area contributed by atoms with Crippen molar-refractivity contribution in [3.63, 3.8) is 0 Å². The van der Waals surface area contributed by atoms with Crippen LogP contribution >= 0.6 is 0 Å². The monoisotopic (exact) mass is 344 g/mol. The van der Waals surface area contributed by atoms with Gasteiger partial charge in [-0.15, -0.1) is 0 Å². The molecule has 130 valence electrons. The average molecular weight is 345 g/mol. The minimum atomic E-state index is -3.25. The van der Waals surface area contributed by atoms with E-state index in [9.17, 15) is 8.42 Å². The molecule has 0 radical (unpaired) electrons. The summed E-state index contributed by atoms with van der Waals surface area (Å²) in [6.45, 7) is 8.74. The highest BCUT2D eigenvalue weighted by Crippen LogP contribution is 2.40. The molecule has 0 N–H and O–H groups in total. The van der Waals surface area contributed by atoms with Crippen molar-refractivity contribution in [2.75, 3.05) is 5.75 Å². The van der Waals surface area contributed by atoms with Crippen molar-refractivity contribution < 1.29 is 8.42 Å². The van der Waals surface area contributed by atoms with Crippen LogP contribution in [0.5, 0.6) is 0 Å². The first-order valence-corrected chi connectivity index (χ1v) is 10.2. The van der Waals surface area contributed by atoms with E-state index in [0.717, 1.165) is 12.0 Å². The summed E-state index contributed by atoms with van der Waals surface area (Å²) in [5, 5.41) is 0. The van der Waals surface area contributed by atoms with Crippen molar-refractivity contribution in [3.8, 4) is 0 Å². The van der Waals surface area contributed by atoms with E-state index in [1.807, 2.05) is 19.1 Å². The molecule has 0 fully saturated rings. The van der Waals surface area contributed by atoms with Gasteiger partial charge in [0, 0.05) is 0 Å². The lowest BCUT2D eigenvalue weighted by Crippen LogP contribution is -2.19. The second kappa shape index (κ2) is 7.52. The molecule has 1 aromatic carbocycles. The highest BCUT2D eigenvalue weighted by molar-refractivity contribution is 7.91. The quantitative estimate of drug-likeness (QED) is 0.662. The second-order valence-corrected chi connectivity index (χ2v) is 9.34. The first kappa shape index (κ1) is 18.7. The Morgan fingerprint density at radius 1 is 1.21 bits per heavy atom. The van der Waals surface area contributed by atoms with Crippen molar-refractivity contribution in [1.82, 2.24) is 0 Å². The van der Waals surface area contributed by atoms with Gasteiger partial charge in [-0.05, 0) is 56.2 Å². The SMILES string of the molecule is CC(C=CC1=C(C)CCCC1(C)C)=CCS(=O)(=O)c1ccccc1. The minimum Gasteiger partial charge on any atom is -0.223 e. The molecular formula is C21H28O2S. The lowest BCUT2D eigenvalue weighted by molar-refractivity contribution is 0.377. The van der Waals surface area contributed by atoms with Gasteiger partial charge in [-0.3, -0.25) is 0 Å². The molecule has 3 heteroatoms. The van der Waals surface area contributed by atoms with Crippen molar-refractivity contribution in [3.05, 3.63) is 65.3 Å². The van der Waals surface area contributed by atoms with Crippen molar-refractivity contribution >= 4 is 9.84 Å². The first-order chi connectivity index (χ1) is 11.2. The molecule has 24 heavy (non-hydrogen) atoms. The summed E-state index contributed by atoms with van der Waals surface area (Å²) >= 11 is 0. The molecule has 0 saturated carbocycles. The highest BCUT2D eigenvalue weighted by atomic mass is 32.2. The van der Waals surface area contributed by atoms with Gasteiger partial charge in [-0.1, -0.05) is 61.4 Å². The van der Waals surface area contributed by atoms with E-state index in [1.54, 1.807) is 30.3 Å². The van der Waals surface area contributed by atoms with E-state index >= 15 is 0 Å². The van der Waals surface area contributed by atoms with Crippen LogP contribution in [0.3, 0.4) is 0 Å². The molecule has 0 unspecified atom stereocenters. The number of hydrogen-bond donors (Lipinski definition) is 0. The van der Waals surface area contributed by atoms with Crippen LogP contribution in [-0.4, -0.2) is 14.2 Å². The van der Waals surface area contributed by atoms with Crippen LogP contribution in [0.4, 0.5) is 0 Å². The van der Waals surface area contributed by atoms with Crippen LogP contribution < -0.4 is 0 Å². The molecule has 0 bridgehead atoms. The van der Waals surface area contributed by atoms with Crippen LogP contribution in [0.15, 0.2) is 70.2 Å². The van der Waals surface area contributed by atoms with E-state index in [4.69, 9.17) is 0 Å². The zero-order valence-corrected chi connectivity index (χ0v) is 16.0. The summed E-state index contributed by atoms with van der Waals surface area (Å²) in [6.07, 6.45) is 9.64. The Hall–Kier alpha value is -1.61. The molecular weight excluding hydrogens is 316 g/mol. The molecule has 0 atom stereocenters. The second-order valence-electron chi connectivity index (χ2n) is 7.31. The third-order valence-corrected chi connectivity index (χ3v) is 6.38. The first-order valence-electron chi connectivity index (χ1n) is 8.55. The molecule has 2 rings (SSSR count). The van der Waals surface area contributed by atoms with Gasteiger partial charge in [-0.25, -0.2) is 8.42 Å². The normalized spacial score (nSPS) is 19.1. The van der Waals surface area contributed by atoms with E-state index in [2.05, 4.69) is 26.8 Å². The Kier molecular flexibility index (Phi) is 5.87. The van der Waals surface area contributed by atoms with Gasteiger partial charge in [0.2, 0.25) is 0 Å². The smallest absolute Gasteiger partial charge is 0.181 e.